The van der Waals surface area contributed by atoms with Gasteiger partial charge in [0.2, 0.25) is 0 Å². The van der Waals surface area contributed by atoms with Crippen molar-refractivity contribution in [2.24, 2.45) is 0 Å². The van der Waals surface area contributed by atoms with Crippen LogP contribution in [-0.4, -0.2) is 64.8 Å². The van der Waals surface area contributed by atoms with E-state index < -0.39 is 11.5 Å². The number of hydrogen-bond acceptors (Lipinski definition) is 6. The van der Waals surface area contributed by atoms with Crippen molar-refractivity contribution in [3.63, 3.8) is 0 Å². The number of hydrogen-bond donors (Lipinski definition) is 2. The average molecular weight is 469 g/mol. The molecule has 2 aliphatic heterocycles. The molecule has 4 rings (SSSR count). The molecule has 0 aliphatic carbocycles. The molecule has 2 amide bonds. The van der Waals surface area contributed by atoms with E-state index in [0.717, 1.165) is 11.3 Å². The van der Waals surface area contributed by atoms with E-state index in [1.165, 1.54) is 10.6 Å². The molecule has 0 saturated carbocycles. The van der Waals surface area contributed by atoms with E-state index in [-0.39, 0.29) is 17.0 Å². The number of nitrogens with zero attached hydrogens (tertiary/aromatic N) is 3. The first-order valence-electron chi connectivity index (χ1n) is 11.7. The summed E-state index contributed by atoms with van der Waals surface area (Å²) >= 11 is 0. The minimum absolute atomic E-state index is 0.0701. The van der Waals surface area contributed by atoms with Gasteiger partial charge in [0.05, 0.1) is 30.2 Å². The Balaban J connectivity index is 1.66. The highest BCUT2D eigenvalue weighted by molar-refractivity contribution is 6.07. The van der Waals surface area contributed by atoms with E-state index in [1.54, 1.807) is 31.0 Å². The average Bonchev–Trinajstić information content (AvgIpc) is 3.12. The lowest BCUT2D eigenvalue weighted by atomic mass is 10.1. The predicted molar refractivity (Wildman–Crippen MR) is 129 cm³/mol. The standard InChI is InChI=1S/C25H32N4O5/c1-4-27-8-5-6-18(23(27)31)22(30)26-20-14-17-16-29(9-7-25(2,3)33)24(32)19(17)15-21(20)28-10-12-34-13-11-28/h5-6,8,14-15,33H,4,7,9-13,16H2,1-3H3,(H,26,30). The number of morpholine rings is 1. The molecule has 1 saturated heterocycles. The molecule has 0 radical (unpaired) electrons. The molecule has 3 heterocycles. The van der Waals surface area contributed by atoms with Crippen LogP contribution in [0.4, 0.5) is 11.4 Å². The zero-order valence-electron chi connectivity index (χ0n) is 20.0. The first kappa shape index (κ1) is 24.0. The normalized spacial score (nSPS) is 16.1. The van der Waals surface area contributed by atoms with Crippen LogP contribution in [0.1, 0.15) is 53.5 Å². The number of carbonyl (C=O) groups excluding carboxylic acids is 2. The van der Waals surface area contributed by atoms with Crippen molar-refractivity contribution in [3.8, 4) is 0 Å². The topological polar surface area (TPSA) is 104 Å². The molecule has 1 aromatic carbocycles. The first-order valence-corrected chi connectivity index (χ1v) is 11.7. The largest absolute Gasteiger partial charge is 0.390 e. The Morgan fingerprint density at radius 3 is 2.62 bits per heavy atom. The number of benzene rings is 1. The van der Waals surface area contributed by atoms with Gasteiger partial charge in [-0.3, -0.25) is 14.4 Å². The highest BCUT2D eigenvalue weighted by Crippen LogP contribution is 2.35. The molecule has 182 valence electrons. The number of aromatic nitrogens is 1. The van der Waals surface area contributed by atoms with Gasteiger partial charge < -0.3 is 29.5 Å². The molecule has 0 atom stereocenters. The Hall–Kier alpha value is -3.17. The second kappa shape index (κ2) is 9.60. The summed E-state index contributed by atoms with van der Waals surface area (Å²) < 4.78 is 6.96. The SMILES string of the molecule is CCn1cccc(C(=O)Nc2cc3c(cc2N2CCOCC2)C(=O)N(CCC(C)(C)O)C3)c1=O. The minimum Gasteiger partial charge on any atom is -0.390 e. The Morgan fingerprint density at radius 1 is 1.21 bits per heavy atom. The van der Waals surface area contributed by atoms with Gasteiger partial charge in [-0.05, 0) is 57.0 Å². The summed E-state index contributed by atoms with van der Waals surface area (Å²) in [7, 11) is 0. The number of aryl methyl sites for hydroxylation is 1. The van der Waals surface area contributed by atoms with Crippen LogP contribution < -0.4 is 15.8 Å². The summed E-state index contributed by atoms with van der Waals surface area (Å²) in [4.78, 5) is 42.6. The van der Waals surface area contributed by atoms with E-state index in [2.05, 4.69) is 10.2 Å². The molecule has 9 nitrogen and oxygen atoms in total. The molecular weight excluding hydrogens is 436 g/mol. The zero-order chi connectivity index (χ0) is 24.5. The maximum atomic E-state index is 13.1. The van der Waals surface area contributed by atoms with Crippen LogP contribution in [-0.2, 0) is 17.8 Å². The molecule has 1 aromatic heterocycles. The predicted octanol–water partition coefficient (Wildman–Crippen LogP) is 2.07. The summed E-state index contributed by atoms with van der Waals surface area (Å²) in [5.41, 5.74) is 1.57. The van der Waals surface area contributed by atoms with Gasteiger partial charge in [-0.25, -0.2) is 0 Å². The summed E-state index contributed by atoms with van der Waals surface area (Å²) in [6.07, 6.45) is 2.12. The molecule has 0 spiro atoms. The Bertz CT molecular complexity index is 1140. The molecule has 2 aliphatic rings. The fourth-order valence-corrected chi connectivity index (χ4v) is 4.31. The second-order valence-electron chi connectivity index (χ2n) is 9.38. The highest BCUT2D eigenvalue weighted by atomic mass is 16.5. The van der Waals surface area contributed by atoms with Crippen LogP contribution in [0.5, 0.6) is 0 Å². The molecule has 0 unspecified atom stereocenters. The lowest BCUT2D eigenvalue weighted by Gasteiger charge is -2.31. The maximum absolute atomic E-state index is 13.1. The molecule has 1 fully saturated rings. The van der Waals surface area contributed by atoms with Gasteiger partial charge in [0.25, 0.3) is 17.4 Å². The van der Waals surface area contributed by atoms with E-state index in [9.17, 15) is 19.5 Å². The molecule has 9 heteroatoms. The van der Waals surface area contributed by atoms with E-state index in [0.29, 0.717) is 63.6 Å². The molecule has 34 heavy (non-hydrogen) atoms. The summed E-state index contributed by atoms with van der Waals surface area (Å²) in [5, 5.41) is 13.0. The number of nitrogens with one attached hydrogen (secondary N) is 1. The summed E-state index contributed by atoms with van der Waals surface area (Å²) in [6, 6.07) is 6.87. The third kappa shape index (κ3) is 5.00. The number of ether oxygens (including phenoxy) is 1. The molecule has 2 aromatic rings. The summed E-state index contributed by atoms with van der Waals surface area (Å²) in [6.45, 7) is 8.98. The van der Waals surface area contributed by atoms with Crippen LogP contribution in [0, 0.1) is 0 Å². The van der Waals surface area contributed by atoms with Gasteiger partial charge in [-0.2, -0.15) is 0 Å². The highest BCUT2D eigenvalue weighted by Gasteiger charge is 2.31. The van der Waals surface area contributed by atoms with Crippen molar-refractivity contribution < 1.29 is 19.4 Å². The number of anilines is 2. The Morgan fingerprint density at radius 2 is 1.94 bits per heavy atom. The van der Waals surface area contributed by atoms with Crippen LogP contribution in [0.2, 0.25) is 0 Å². The van der Waals surface area contributed by atoms with Crippen LogP contribution in [0.15, 0.2) is 35.3 Å². The van der Waals surface area contributed by atoms with Gasteiger partial charge in [-0.1, -0.05) is 0 Å². The van der Waals surface area contributed by atoms with Crippen LogP contribution in [0.3, 0.4) is 0 Å². The van der Waals surface area contributed by atoms with Gasteiger partial charge in [-0.15, -0.1) is 0 Å². The van der Waals surface area contributed by atoms with Gasteiger partial charge in [0, 0.05) is 44.5 Å². The minimum atomic E-state index is -0.867. The van der Waals surface area contributed by atoms with Crippen molar-refractivity contribution in [2.75, 3.05) is 43.1 Å². The Kier molecular flexibility index (Phi) is 6.77. The molecule has 0 bridgehead atoms. The van der Waals surface area contributed by atoms with Crippen molar-refractivity contribution in [1.82, 2.24) is 9.47 Å². The monoisotopic (exact) mass is 468 g/mol. The van der Waals surface area contributed by atoms with Crippen LogP contribution >= 0.6 is 0 Å². The smallest absolute Gasteiger partial charge is 0.263 e. The van der Waals surface area contributed by atoms with Gasteiger partial charge >= 0.3 is 0 Å². The van der Waals surface area contributed by atoms with E-state index in [1.807, 2.05) is 19.1 Å². The summed E-state index contributed by atoms with van der Waals surface area (Å²) in [5.74, 6) is -0.564. The number of rotatable bonds is 7. The zero-order valence-corrected chi connectivity index (χ0v) is 20.0. The number of amides is 2. The van der Waals surface area contributed by atoms with Crippen molar-refractivity contribution in [1.29, 1.82) is 0 Å². The Labute approximate surface area is 198 Å². The fraction of sp³-hybridized carbons (Fsp3) is 0.480. The molecule has 2 N–H and O–H groups in total. The number of carbonyl (C=O) groups is 2. The van der Waals surface area contributed by atoms with Gasteiger partial charge in [0.1, 0.15) is 5.56 Å². The lowest BCUT2D eigenvalue weighted by Crippen LogP contribution is -2.37. The van der Waals surface area contributed by atoms with E-state index in [4.69, 9.17) is 4.74 Å². The third-order valence-electron chi connectivity index (χ3n) is 6.30. The van der Waals surface area contributed by atoms with Crippen LogP contribution in [0.25, 0.3) is 0 Å². The van der Waals surface area contributed by atoms with E-state index >= 15 is 0 Å². The first-order chi connectivity index (χ1) is 16.2. The number of pyridine rings is 1. The quantitative estimate of drug-likeness (QED) is 0.645. The fourth-order valence-electron chi connectivity index (χ4n) is 4.31. The number of fused-ring (bicyclic) bond motifs is 1. The van der Waals surface area contributed by atoms with Crippen molar-refractivity contribution >= 4 is 23.2 Å². The second-order valence-corrected chi connectivity index (χ2v) is 9.38. The molecular formula is C25H32N4O5. The third-order valence-corrected chi connectivity index (χ3v) is 6.30. The maximum Gasteiger partial charge on any atom is 0.263 e. The van der Waals surface area contributed by atoms with Gasteiger partial charge in [0.15, 0.2) is 0 Å². The van der Waals surface area contributed by atoms with Crippen molar-refractivity contribution in [3.05, 3.63) is 57.5 Å². The van der Waals surface area contributed by atoms with Crippen molar-refractivity contribution in [2.45, 2.75) is 45.9 Å². The number of aliphatic hydroxyl groups is 1. The lowest BCUT2D eigenvalue weighted by molar-refractivity contribution is 0.0517.